The number of nitrogens with zero attached hydrogens (tertiary/aromatic N) is 2. The van der Waals surface area contributed by atoms with E-state index in [4.69, 9.17) is 18.5 Å². The van der Waals surface area contributed by atoms with Crippen LogP contribution in [0.15, 0.2) is 6.99 Å². The van der Waals surface area contributed by atoms with Crippen LogP contribution in [0.25, 0.3) is 11.5 Å². The molecule has 2 saturated carbocycles. The van der Waals surface area contributed by atoms with Crippen molar-refractivity contribution in [3.8, 4) is 0 Å². The summed E-state index contributed by atoms with van der Waals surface area (Å²) in [4.78, 5) is 0. The van der Waals surface area contributed by atoms with Gasteiger partial charge in [0, 0.05) is 0 Å². The third-order valence-corrected chi connectivity index (χ3v) is 4.97. The van der Waals surface area contributed by atoms with Gasteiger partial charge in [0.05, 0.1) is 0 Å². The molecule has 4 nitrogen and oxygen atoms in total. The van der Waals surface area contributed by atoms with E-state index in [1.807, 2.05) is 41.5 Å². The maximum Gasteiger partial charge on any atom is -0.0794 e. The van der Waals surface area contributed by atoms with Gasteiger partial charge in [-0.3, -0.25) is 0 Å². The van der Waals surface area contributed by atoms with Crippen LogP contribution in [-0.2, 0) is 18.2 Å². The van der Waals surface area contributed by atoms with E-state index in [0.29, 0.717) is 12.1 Å². The number of rotatable bonds is 2. The van der Waals surface area contributed by atoms with Crippen LogP contribution in [0.3, 0.4) is 0 Å². The molecule has 0 radical (unpaired) electrons. The molecule has 0 spiro atoms. The van der Waals surface area contributed by atoms with Crippen LogP contribution < -0.4 is 0 Å². The molecular weight excluding hydrogens is 368 g/mol. The molecule has 2 aliphatic rings. The van der Waals surface area contributed by atoms with Gasteiger partial charge in [-0.05, 0) is 0 Å². The van der Waals surface area contributed by atoms with Crippen molar-refractivity contribution in [3.63, 3.8) is 0 Å². The molecule has 0 bridgehead atoms. The summed E-state index contributed by atoms with van der Waals surface area (Å²) in [6.07, 6.45) is 11.0. The van der Waals surface area contributed by atoms with Gasteiger partial charge in [-0.25, -0.2) is 0 Å². The van der Waals surface area contributed by atoms with Crippen molar-refractivity contribution in [1.82, 2.24) is 0 Å². The fraction of sp³-hybridized carbons (Fsp3) is 1.00. The first-order chi connectivity index (χ1) is 10.4. The fourth-order valence-electron chi connectivity index (χ4n) is 2.18. The van der Waals surface area contributed by atoms with Crippen molar-refractivity contribution in [2.24, 2.45) is 6.99 Å². The molecule has 0 heterocycles. The molecule has 0 aromatic heterocycles. The zero-order valence-electron chi connectivity index (χ0n) is 16.1. The minimum absolute atomic E-state index is 0.250. The zero-order valence-corrected chi connectivity index (χ0v) is 18.1. The second-order valence-electron chi connectivity index (χ2n) is 8.67. The molecular formula is C18H38MoN4. The standard InChI is InChI=1S/2C5H9N.2C4H10N.Mo/c2*6-5-3-1-2-4-5;2*1-4(2,3)5;/h2*5H,1-4H2;2*5H,1-3H3;/q;;2*-1;+2. The first-order valence-electron chi connectivity index (χ1n) is 9.01. The third kappa shape index (κ3) is 22.2. The van der Waals surface area contributed by atoms with Crippen LogP contribution in [0.5, 0.6) is 0 Å². The van der Waals surface area contributed by atoms with Crippen LogP contribution in [0.4, 0.5) is 0 Å². The van der Waals surface area contributed by atoms with Gasteiger partial charge < -0.3 is 11.5 Å². The average molecular weight is 406 g/mol. The molecule has 2 aliphatic carbocycles. The summed E-state index contributed by atoms with van der Waals surface area (Å²) < 4.78 is 9.50. The summed E-state index contributed by atoms with van der Waals surface area (Å²) in [5.41, 5.74) is 13.4. The smallest absolute Gasteiger partial charge is 0.0794 e. The van der Waals surface area contributed by atoms with E-state index < -0.39 is 0 Å². The Morgan fingerprint density at radius 1 is 0.652 bits per heavy atom. The Kier molecular flexibility index (Phi) is 11.8. The van der Waals surface area contributed by atoms with E-state index in [2.05, 4.69) is 0 Å². The SMILES string of the molecule is C1CCC([N]=[Mo+2]=[N]C2CCCC2)C1.CC(C)(C)[NH-].CC(C)(C)[NH-]. The number of hydrogen-bond donors (Lipinski definition) is 0. The van der Waals surface area contributed by atoms with Gasteiger partial charge in [-0.15, -0.1) is 11.1 Å². The monoisotopic (exact) mass is 408 g/mol. The van der Waals surface area contributed by atoms with Crippen molar-refractivity contribution in [2.45, 2.75) is 116 Å². The second-order valence-corrected chi connectivity index (χ2v) is 10.1. The van der Waals surface area contributed by atoms with Crippen molar-refractivity contribution >= 4 is 0 Å². The minimum atomic E-state index is -0.322. The first-order valence-corrected chi connectivity index (χ1v) is 10.8. The molecule has 136 valence electrons. The van der Waals surface area contributed by atoms with Crippen LogP contribution >= 0.6 is 0 Å². The summed E-state index contributed by atoms with van der Waals surface area (Å²) in [6, 6.07) is 1.43. The van der Waals surface area contributed by atoms with Gasteiger partial charge in [-0.2, -0.15) is 0 Å². The molecule has 0 aliphatic heterocycles. The largest absolute Gasteiger partial charge is 0.673 e. The molecule has 2 rings (SSSR count). The van der Waals surface area contributed by atoms with Crippen LogP contribution in [0.2, 0.25) is 0 Å². The molecule has 5 heteroatoms. The van der Waals surface area contributed by atoms with Gasteiger partial charge in [0.2, 0.25) is 0 Å². The van der Waals surface area contributed by atoms with E-state index in [-0.39, 0.29) is 29.3 Å². The van der Waals surface area contributed by atoms with E-state index in [1.54, 1.807) is 0 Å². The summed E-state index contributed by atoms with van der Waals surface area (Å²) >= 11 is -0.322. The van der Waals surface area contributed by atoms with Crippen LogP contribution in [0.1, 0.15) is 92.9 Å². The number of hydrogen-bond acceptors (Lipinski definition) is 2. The summed E-state index contributed by atoms with van der Waals surface area (Å²) in [5.74, 6) is 0. The molecule has 23 heavy (non-hydrogen) atoms. The van der Waals surface area contributed by atoms with Gasteiger partial charge in [-0.1, -0.05) is 41.5 Å². The van der Waals surface area contributed by atoms with E-state index in [0.717, 1.165) is 0 Å². The maximum atomic E-state index is 6.94. The molecule has 0 saturated heterocycles. The van der Waals surface area contributed by atoms with Gasteiger partial charge >= 0.3 is 88.6 Å². The van der Waals surface area contributed by atoms with E-state index >= 15 is 0 Å². The van der Waals surface area contributed by atoms with Crippen molar-refractivity contribution in [2.75, 3.05) is 0 Å². The Hall–Kier alpha value is 0.208. The van der Waals surface area contributed by atoms with Gasteiger partial charge in [0.1, 0.15) is 0 Å². The summed E-state index contributed by atoms with van der Waals surface area (Å²) in [5, 5.41) is 0. The first kappa shape index (κ1) is 23.2. The molecule has 0 unspecified atom stereocenters. The van der Waals surface area contributed by atoms with Gasteiger partial charge in [0.25, 0.3) is 0 Å². The predicted molar refractivity (Wildman–Crippen MR) is 97.5 cm³/mol. The Balaban J connectivity index is 0.000000406. The van der Waals surface area contributed by atoms with Crippen molar-refractivity contribution < 1.29 is 18.2 Å². The fourth-order valence-corrected chi connectivity index (χ4v) is 4.01. The molecule has 2 fully saturated rings. The summed E-state index contributed by atoms with van der Waals surface area (Å²) in [6.45, 7) is 11.1. The molecule has 0 aromatic carbocycles. The van der Waals surface area contributed by atoms with Crippen LogP contribution in [0, 0.1) is 0 Å². The van der Waals surface area contributed by atoms with Crippen LogP contribution in [-0.4, -0.2) is 23.2 Å². The Bertz CT molecular complexity index is 306. The zero-order chi connectivity index (χ0) is 17.9. The summed E-state index contributed by atoms with van der Waals surface area (Å²) in [7, 11) is 0. The van der Waals surface area contributed by atoms with Gasteiger partial charge in [0.15, 0.2) is 0 Å². The van der Waals surface area contributed by atoms with Crippen molar-refractivity contribution in [3.05, 3.63) is 11.5 Å². The Morgan fingerprint density at radius 3 is 1.09 bits per heavy atom. The Morgan fingerprint density at radius 2 is 0.870 bits per heavy atom. The van der Waals surface area contributed by atoms with Crippen molar-refractivity contribution in [1.29, 1.82) is 0 Å². The molecule has 2 N–H and O–H groups in total. The molecule has 0 amide bonds. The normalized spacial score (nSPS) is 19.1. The molecule has 0 aromatic rings. The topological polar surface area (TPSA) is 72.3 Å². The number of nitrogens with one attached hydrogen (secondary N) is 2. The second kappa shape index (κ2) is 11.7. The Labute approximate surface area is 152 Å². The van der Waals surface area contributed by atoms with E-state index in [1.165, 1.54) is 51.4 Å². The third-order valence-electron chi connectivity index (χ3n) is 3.04. The quantitative estimate of drug-likeness (QED) is 0.443. The molecule has 0 atom stereocenters. The predicted octanol–water partition coefficient (Wildman–Crippen LogP) is 7.00. The maximum absolute atomic E-state index is 6.94. The minimum Gasteiger partial charge on any atom is -0.673 e. The van der Waals surface area contributed by atoms with E-state index in [9.17, 15) is 0 Å². The average Bonchev–Trinajstić information content (AvgIpc) is 2.96.